The molecule has 2 heterocycles. The third kappa shape index (κ3) is 4.59. The summed E-state index contributed by atoms with van der Waals surface area (Å²) in [5.41, 5.74) is 1.61. The average Bonchev–Trinajstić information content (AvgIpc) is 3.36. The number of hydrogen-bond acceptors (Lipinski definition) is 6. The first-order valence-corrected chi connectivity index (χ1v) is 10.8. The number of hydrogen-bond donors (Lipinski definition) is 0. The van der Waals surface area contributed by atoms with Crippen LogP contribution >= 0.6 is 22.9 Å². The molecule has 0 bridgehead atoms. The van der Waals surface area contributed by atoms with Gasteiger partial charge in [0.2, 0.25) is 17.7 Å². The minimum Gasteiger partial charge on any atom is -0.419 e. The summed E-state index contributed by atoms with van der Waals surface area (Å²) in [5, 5.41) is 10.6. The SMILES string of the molecule is Cc1csc(=O)n1CCCC(=O)N(Cc1nnc(-c2ccccc2Cl)o1)C1CC1. The number of nitrogens with zero attached hydrogens (tertiary/aromatic N) is 4. The van der Waals surface area contributed by atoms with Gasteiger partial charge in [0.05, 0.1) is 17.1 Å². The van der Waals surface area contributed by atoms with Crippen LogP contribution in [0.25, 0.3) is 11.5 Å². The van der Waals surface area contributed by atoms with Crippen molar-refractivity contribution in [3.05, 3.63) is 55.9 Å². The highest BCUT2D eigenvalue weighted by molar-refractivity contribution is 7.07. The molecule has 152 valence electrons. The van der Waals surface area contributed by atoms with E-state index in [2.05, 4.69) is 10.2 Å². The number of rotatable bonds is 8. The van der Waals surface area contributed by atoms with E-state index in [-0.39, 0.29) is 16.8 Å². The lowest BCUT2D eigenvalue weighted by Gasteiger charge is -2.20. The van der Waals surface area contributed by atoms with Crippen LogP contribution in [0.4, 0.5) is 0 Å². The van der Waals surface area contributed by atoms with Crippen molar-refractivity contribution in [2.24, 2.45) is 0 Å². The first kappa shape index (κ1) is 19.8. The summed E-state index contributed by atoms with van der Waals surface area (Å²) >= 11 is 7.38. The van der Waals surface area contributed by atoms with Crippen molar-refractivity contribution in [2.45, 2.75) is 51.7 Å². The summed E-state index contributed by atoms with van der Waals surface area (Å²) in [6.45, 7) is 2.75. The maximum absolute atomic E-state index is 12.8. The predicted octanol–water partition coefficient (Wildman–Crippen LogP) is 3.89. The first-order valence-electron chi connectivity index (χ1n) is 9.54. The van der Waals surface area contributed by atoms with Gasteiger partial charge in [-0.1, -0.05) is 35.1 Å². The maximum atomic E-state index is 12.8. The summed E-state index contributed by atoms with van der Waals surface area (Å²) in [5.74, 6) is 0.789. The Morgan fingerprint density at radius 2 is 2.14 bits per heavy atom. The van der Waals surface area contributed by atoms with E-state index in [1.807, 2.05) is 35.4 Å². The number of halogens is 1. The zero-order valence-corrected chi connectivity index (χ0v) is 17.6. The van der Waals surface area contributed by atoms with Crippen molar-refractivity contribution >= 4 is 28.8 Å². The van der Waals surface area contributed by atoms with Crippen molar-refractivity contribution in [3.8, 4) is 11.5 Å². The number of carbonyl (C=O) groups is 1. The standard InChI is InChI=1S/C20H21ClN4O3S/c1-13-12-29-20(27)24(13)10-4-7-18(26)25(14-8-9-14)11-17-22-23-19(28-17)15-5-2-3-6-16(15)21/h2-3,5-6,12,14H,4,7-11H2,1H3. The van der Waals surface area contributed by atoms with E-state index < -0.39 is 0 Å². The molecule has 1 fully saturated rings. The van der Waals surface area contributed by atoms with Crippen LogP contribution in [0.15, 0.2) is 38.9 Å². The summed E-state index contributed by atoms with van der Waals surface area (Å²) in [6, 6.07) is 7.50. The number of thiazole rings is 1. The minimum atomic E-state index is 0.0203. The second-order valence-electron chi connectivity index (χ2n) is 7.13. The molecular formula is C20H21ClN4O3S. The first-order chi connectivity index (χ1) is 14.0. The number of carbonyl (C=O) groups excluding carboxylic acids is 1. The zero-order valence-electron chi connectivity index (χ0n) is 16.0. The number of aromatic nitrogens is 3. The summed E-state index contributed by atoms with van der Waals surface area (Å²) in [6.07, 6.45) is 2.97. The molecule has 1 aromatic carbocycles. The fourth-order valence-electron chi connectivity index (χ4n) is 3.22. The molecule has 0 atom stereocenters. The largest absolute Gasteiger partial charge is 0.419 e. The molecule has 0 saturated heterocycles. The smallest absolute Gasteiger partial charge is 0.307 e. The molecule has 1 amide bonds. The van der Waals surface area contributed by atoms with Crippen LogP contribution in [0, 0.1) is 6.92 Å². The van der Waals surface area contributed by atoms with E-state index in [1.54, 1.807) is 10.6 Å². The van der Waals surface area contributed by atoms with E-state index in [0.29, 0.717) is 48.3 Å². The normalized spacial score (nSPS) is 13.6. The quantitative estimate of drug-likeness (QED) is 0.539. The highest BCUT2D eigenvalue weighted by Crippen LogP contribution is 2.30. The molecule has 0 aliphatic heterocycles. The van der Waals surface area contributed by atoms with Crippen molar-refractivity contribution in [2.75, 3.05) is 0 Å². The topological polar surface area (TPSA) is 81.2 Å². The third-order valence-corrected chi connectivity index (χ3v) is 6.14. The Labute approximate surface area is 176 Å². The van der Waals surface area contributed by atoms with E-state index in [0.717, 1.165) is 18.5 Å². The molecule has 9 heteroatoms. The Kier molecular flexibility index (Phi) is 5.82. The van der Waals surface area contributed by atoms with Crippen LogP contribution in [0.3, 0.4) is 0 Å². The van der Waals surface area contributed by atoms with Gasteiger partial charge in [-0.2, -0.15) is 0 Å². The molecule has 1 saturated carbocycles. The molecule has 0 radical (unpaired) electrons. The van der Waals surface area contributed by atoms with Crippen LogP contribution < -0.4 is 4.87 Å². The molecule has 0 unspecified atom stereocenters. The lowest BCUT2D eigenvalue weighted by atomic mass is 10.2. The van der Waals surface area contributed by atoms with Crippen molar-refractivity contribution in [3.63, 3.8) is 0 Å². The van der Waals surface area contributed by atoms with Gasteiger partial charge in [-0.05, 0) is 38.3 Å². The van der Waals surface area contributed by atoms with Crippen LogP contribution in [0.5, 0.6) is 0 Å². The van der Waals surface area contributed by atoms with Crippen molar-refractivity contribution in [1.29, 1.82) is 0 Å². The van der Waals surface area contributed by atoms with Gasteiger partial charge in [0.1, 0.15) is 0 Å². The summed E-state index contributed by atoms with van der Waals surface area (Å²) < 4.78 is 7.47. The molecule has 0 N–H and O–H groups in total. The monoisotopic (exact) mass is 432 g/mol. The van der Waals surface area contributed by atoms with Gasteiger partial charge in [-0.15, -0.1) is 10.2 Å². The second-order valence-corrected chi connectivity index (χ2v) is 8.36. The maximum Gasteiger partial charge on any atom is 0.307 e. The molecular weight excluding hydrogens is 412 g/mol. The molecule has 4 rings (SSSR count). The summed E-state index contributed by atoms with van der Waals surface area (Å²) in [4.78, 5) is 26.4. The van der Waals surface area contributed by atoms with Gasteiger partial charge < -0.3 is 13.9 Å². The number of amides is 1. The van der Waals surface area contributed by atoms with E-state index >= 15 is 0 Å². The Morgan fingerprint density at radius 1 is 1.34 bits per heavy atom. The molecule has 7 nitrogen and oxygen atoms in total. The van der Waals surface area contributed by atoms with Gasteiger partial charge in [0.25, 0.3) is 0 Å². The molecule has 0 spiro atoms. The van der Waals surface area contributed by atoms with Gasteiger partial charge in [-0.25, -0.2) is 0 Å². The van der Waals surface area contributed by atoms with Crippen LogP contribution in [-0.4, -0.2) is 31.6 Å². The van der Waals surface area contributed by atoms with E-state index in [4.69, 9.17) is 16.0 Å². The lowest BCUT2D eigenvalue weighted by Crippen LogP contribution is -2.32. The highest BCUT2D eigenvalue weighted by Gasteiger charge is 2.33. The fraction of sp³-hybridized carbons (Fsp3) is 0.400. The minimum absolute atomic E-state index is 0.0203. The number of benzene rings is 1. The third-order valence-electron chi connectivity index (χ3n) is 4.93. The molecule has 29 heavy (non-hydrogen) atoms. The highest BCUT2D eigenvalue weighted by atomic mass is 35.5. The Morgan fingerprint density at radius 3 is 2.83 bits per heavy atom. The molecule has 1 aliphatic carbocycles. The lowest BCUT2D eigenvalue weighted by molar-refractivity contribution is -0.132. The van der Waals surface area contributed by atoms with Crippen molar-refractivity contribution in [1.82, 2.24) is 19.7 Å². The van der Waals surface area contributed by atoms with E-state index in [1.165, 1.54) is 11.3 Å². The fourth-order valence-corrected chi connectivity index (χ4v) is 4.20. The Bertz CT molecular complexity index is 1070. The summed E-state index contributed by atoms with van der Waals surface area (Å²) in [7, 11) is 0. The van der Waals surface area contributed by atoms with Crippen LogP contribution in [0.2, 0.25) is 5.02 Å². The van der Waals surface area contributed by atoms with Gasteiger partial charge >= 0.3 is 4.87 Å². The zero-order chi connectivity index (χ0) is 20.4. The van der Waals surface area contributed by atoms with Crippen LogP contribution in [-0.2, 0) is 17.9 Å². The Hall–Kier alpha value is -2.45. The molecule has 1 aliphatic rings. The van der Waals surface area contributed by atoms with Gasteiger partial charge in [-0.3, -0.25) is 9.59 Å². The van der Waals surface area contributed by atoms with Gasteiger partial charge in [0.15, 0.2) is 0 Å². The number of aryl methyl sites for hydroxylation is 1. The Balaban J connectivity index is 1.39. The molecule has 2 aromatic heterocycles. The van der Waals surface area contributed by atoms with E-state index in [9.17, 15) is 9.59 Å². The predicted molar refractivity (Wildman–Crippen MR) is 111 cm³/mol. The van der Waals surface area contributed by atoms with Crippen LogP contribution in [0.1, 0.15) is 37.3 Å². The second kappa shape index (κ2) is 8.51. The van der Waals surface area contributed by atoms with Gasteiger partial charge in [0, 0.05) is 30.1 Å². The average molecular weight is 433 g/mol. The molecule has 3 aromatic rings. The van der Waals surface area contributed by atoms with Crippen molar-refractivity contribution < 1.29 is 9.21 Å².